The molecule has 22 heavy (non-hydrogen) atoms. The fourth-order valence-corrected chi connectivity index (χ4v) is 2.68. The van der Waals surface area contributed by atoms with E-state index in [0.717, 1.165) is 17.9 Å². The van der Waals surface area contributed by atoms with Crippen molar-refractivity contribution in [2.24, 2.45) is 0 Å². The first-order chi connectivity index (χ1) is 10.6. The Balaban J connectivity index is 2.11. The van der Waals surface area contributed by atoms with Gasteiger partial charge in [0.1, 0.15) is 5.75 Å². The fourth-order valence-electron chi connectivity index (χ4n) is 2.54. The first-order valence-corrected chi connectivity index (χ1v) is 7.08. The number of rotatable bonds is 3. The van der Waals surface area contributed by atoms with Gasteiger partial charge in [0.15, 0.2) is 10.8 Å². The number of hydrogen-bond donors (Lipinski definition) is 0. The van der Waals surface area contributed by atoms with Crippen LogP contribution in [0.3, 0.4) is 0 Å². The number of halogens is 1. The molecule has 0 N–H and O–H groups in total. The molecule has 0 fully saturated rings. The lowest BCUT2D eigenvalue weighted by Crippen LogP contribution is -2.19. The van der Waals surface area contributed by atoms with E-state index in [9.17, 15) is 4.79 Å². The number of carbonyl (C=O) groups excluding carboxylic acids is 1. The van der Waals surface area contributed by atoms with E-state index in [1.807, 2.05) is 23.1 Å². The van der Waals surface area contributed by atoms with Crippen molar-refractivity contribution in [3.63, 3.8) is 0 Å². The number of fused-ring (bicyclic) bond motifs is 1. The van der Waals surface area contributed by atoms with Gasteiger partial charge in [0.05, 0.1) is 19.9 Å². The van der Waals surface area contributed by atoms with E-state index in [0.29, 0.717) is 12.2 Å². The van der Waals surface area contributed by atoms with E-state index in [4.69, 9.17) is 21.1 Å². The summed E-state index contributed by atoms with van der Waals surface area (Å²) in [7, 11) is 2.93. The van der Waals surface area contributed by atoms with Crippen molar-refractivity contribution in [1.82, 2.24) is 10.2 Å². The largest absolute Gasteiger partial charge is 0.497 e. The van der Waals surface area contributed by atoms with Gasteiger partial charge in [0.2, 0.25) is 0 Å². The van der Waals surface area contributed by atoms with Gasteiger partial charge in [-0.3, -0.25) is 0 Å². The van der Waals surface area contributed by atoms with E-state index in [-0.39, 0.29) is 10.8 Å². The van der Waals surface area contributed by atoms with Gasteiger partial charge in [0, 0.05) is 24.4 Å². The lowest BCUT2D eigenvalue weighted by molar-refractivity contribution is 0.0593. The third-order valence-corrected chi connectivity index (χ3v) is 3.79. The van der Waals surface area contributed by atoms with Crippen molar-refractivity contribution in [3.05, 3.63) is 40.7 Å². The van der Waals surface area contributed by atoms with Crippen molar-refractivity contribution in [2.75, 3.05) is 25.7 Å². The summed E-state index contributed by atoms with van der Waals surface area (Å²) in [5, 5.41) is 7.83. The van der Waals surface area contributed by atoms with Crippen LogP contribution in [0.15, 0.2) is 24.3 Å². The van der Waals surface area contributed by atoms with Crippen molar-refractivity contribution in [1.29, 1.82) is 0 Å². The maximum Gasteiger partial charge on any atom is 0.360 e. The maximum absolute atomic E-state index is 11.9. The number of esters is 1. The number of aromatic nitrogens is 2. The molecule has 114 valence electrons. The summed E-state index contributed by atoms with van der Waals surface area (Å²) in [4.78, 5) is 13.9. The molecular formula is C15H14ClN3O3. The molecule has 3 rings (SSSR count). The number of anilines is 2. The van der Waals surface area contributed by atoms with Gasteiger partial charge in [-0.2, -0.15) is 0 Å². The second-order valence-corrected chi connectivity index (χ2v) is 5.18. The summed E-state index contributed by atoms with van der Waals surface area (Å²) in [6, 6.07) is 7.48. The molecule has 0 unspecified atom stereocenters. The molecule has 0 atom stereocenters. The molecule has 2 aromatic rings. The molecule has 1 aromatic carbocycles. The summed E-state index contributed by atoms with van der Waals surface area (Å²) in [6.45, 7) is 0.717. The standard InChI is InChI=1S/C15H14ClN3O3/c1-21-10-4-3-9-5-6-19(11(9)7-10)12-8-13(16)17-18-14(12)15(20)22-2/h3-4,7-8H,5-6H2,1-2H3. The van der Waals surface area contributed by atoms with Gasteiger partial charge in [-0.1, -0.05) is 17.7 Å². The van der Waals surface area contributed by atoms with Gasteiger partial charge < -0.3 is 14.4 Å². The second kappa shape index (κ2) is 5.81. The Bertz CT molecular complexity index is 736. The number of methoxy groups -OCH3 is 2. The monoisotopic (exact) mass is 319 g/mol. The highest BCUT2D eigenvalue weighted by Crippen LogP contribution is 2.38. The molecule has 0 radical (unpaired) electrons. The molecule has 0 saturated carbocycles. The Labute approximate surface area is 132 Å². The lowest BCUT2D eigenvalue weighted by atomic mass is 10.1. The van der Waals surface area contributed by atoms with Crippen LogP contribution in [-0.2, 0) is 11.2 Å². The Morgan fingerprint density at radius 3 is 2.77 bits per heavy atom. The van der Waals surface area contributed by atoms with E-state index >= 15 is 0 Å². The number of hydrogen-bond acceptors (Lipinski definition) is 6. The van der Waals surface area contributed by atoms with E-state index in [1.54, 1.807) is 13.2 Å². The molecule has 7 heteroatoms. The molecule has 1 aliphatic heterocycles. The number of ether oxygens (including phenoxy) is 2. The highest BCUT2D eigenvalue weighted by molar-refractivity contribution is 6.29. The minimum absolute atomic E-state index is 0.141. The Kier molecular flexibility index (Phi) is 3.85. The predicted octanol–water partition coefficient (Wildman–Crippen LogP) is 2.62. The molecule has 0 amide bonds. The average Bonchev–Trinajstić information content (AvgIpc) is 2.96. The molecular weight excluding hydrogens is 306 g/mol. The first kappa shape index (κ1) is 14.6. The van der Waals surface area contributed by atoms with Crippen LogP contribution in [-0.4, -0.2) is 36.9 Å². The van der Waals surface area contributed by atoms with Crippen LogP contribution in [0, 0.1) is 0 Å². The van der Waals surface area contributed by atoms with Crippen LogP contribution >= 0.6 is 11.6 Å². The normalized spacial score (nSPS) is 13.0. The zero-order valence-electron chi connectivity index (χ0n) is 12.2. The second-order valence-electron chi connectivity index (χ2n) is 4.79. The third kappa shape index (κ3) is 2.46. The highest BCUT2D eigenvalue weighted by atomic mass is 35.5. The molecule has 1 aliphatic rings. The van der Waals surface area contributed by atoms with Crippen LogP contribution in [0.25, 0.3) is 0 Å². The van der Waals surface area contributed by atoms with Crippen molar-refractivity contribution < 1.29 is 14.3 Å². The Hall–Kier alpha value is -2.34. The summed E-state index contributed by atoms with van der Waals surface area (Å²) in [6.07, 6.45) is 0.861. The average molecular weight is 320 g/mol. The summed E-state index contributed by atoms with van der Waals surface area (Å²) in [5.41, 5.74) is 2.86. The zero-order valence-corrected chi connectivity index (χ0v) is 12.9. The maximum atomic E-state index is 11.9. The van der Waals surface area contributed by atoms with Crippen LogP contribution in [0.1, 0.15) is 16.1 Å². The van der Waals surface area contributed by atoms with Crippen molar-refractivity contribution in [2.45, 2.75) is 6.42 Å². The van der Waals surface area contributed by atoms with Crippen LogP contribution in [0.5, 0.6) is 5.75 Å². The topological polar surface area (TPSA) is 64.5 Å². The lowest BCUT2D eigenvalue weighted by Gasteiger charge is -2.21. The molecule has 2 heterocycles. The highest BCUT2D eigenvalue weighted by Gasteiger charge is 2.27. The van der Waals surface area contributed by atoms with E-state index in [2.05, 4.69) is 10.2 Å². The molecule has 0 aliphatic carbocycles. The molecule has 1 aromatic heterocycles. The molecule has 0 bridgehead atoms. The van der Waals surface area contributed by atoms with E-state index < -0.39 is 5.97 Å². The summed E-state index contributed by atoms with van der Waals surface area (Å²) in [5.74, 6) is 0.203. The van der Waals surface area contributed by atoms with Crippen LogP contribution in [0.4, 0.5) is 11.4 Å². The minimum atomic E-state index is -0.546. The zero-order chi connectivity index (χ0) is 15.7. The molecule has 0 spiro atoms. The van der Waals surface area contributed by atoms with E-state index in [1.165, 1.54) is 12.7 Å². The Morgan fingerprint density at radius 1 is 1.23 bits per heavy atom. The number of nitrogens with zero attached hydrogens (tertiary/aromatic N) is 3. The quantitative estimate of drug-likeness (QED) is 0.810. The SMILES string of the molecule is COC(=O)c1nnc(Cl)cc1N1CCc2ccc(OC)cc21. The predicted molar refractivity (Wildman–Crippen MR) is 82.1 cm³/mol. The molecule has 0 saturated heterocycles. The smallest absolute Gasteiger partial charge is 0.360 e. The summed E-state index contributed by atoms with van der Waals surface area (Å²) < 4.78 is 10.0. The van der Waals surface area contributed by atoms with Gasteiger partial charge in [-0.15, -0.1) is 10.2 Å². The van der Waals surface area contributed by atoms with Crippen molar-refractivity contribution >= 4 is 28.9 Å². The van der Waals surface area contributed by atoms with Crippen molar-refractivity contribution in [3.8, 4) is 5.75 Å². The van der Waals surface area contributed by atoms with Crippen LogP contribution < -0.4 is 9.64 Å². The van der Waals surface area contributed by atoms with Gasteiger partial charge in [0.25, 0.3) is 0 Å². The fraction of sp³-hybridized carbons (Fsp3) is 0.267. The minimum Gasteiger partial charge on any atom is -0.497 e. The first-order valence-electron chi connectivity index (χ1n) is 6.70. The number of benzene rings is 1. The third-order valence-electron chi connectivity index (χ3n) is 3.60. The van der Waals surface area contributed by atoms with Crippen LogP contribution in [0.2, 0.25) is 5.15 Å². The molecule has 6 nitrogen and oxygen atoms in total. The van der Waals surface area contributed by atoms with Gasteiger partial charge in [-0.05, 0) is 18.1 Å². The number of carbonyl (C=O) groups is 1. The Morgan fingerprint density at radius 2 is 2.05 bits per heavy atom. The van der Waals surface area contributed by atoms with Gasteiger partial charge >= 0.3 is 5.97 Å². The van der Waals surface area contributed by atoms with Gasteiger partial charge in [-0.25, -0.2) is 4.79 Å². The summed E-state index contributed by atoms with van der Waals surface area (Å²) >= 11 is 5.95.